The Hall–Kier alpha value is -2.95. The van der Waals surface area contributed by atoms with Gasteiger partial charge in [-0.1, -0.05) is 45.0 Å². The monoisotopic (exact) mass is 382 g/mol. The number of carbonyl (C=O) groups excluding carboxylic acids is 3. The lowest BCUT2D eigenvalue weighted by molar-refractivity contribution is -0.148. The molecule has 0 aliphatic heterocycles. The first-order valence-corrected chi connectivity index (χ1v) is 9.16. The normalized spacial score (nSPS) is 12.2. The standard InChI is InChI=1S/C23H26O5/c1-15(24)17-8-12-20(13-9-17)27-14-21(25)28-16(2)22(26)18-6-10-19(11-7-18)23(3,4)5/h6-13,16H,14H2,1-5H3/t16-/m1/s1. The summed E-state index contributed by atoms with van der Waals surface area (Å²) in [5.74, 6) is -0.505. The van der Waals surface area contributed by atoms with E-state index in [9.17, 15) is 14.4 Å². The van der Waals surface area contributed by atoms with Crippen LogP contribution in [0.15, 0.2) is 48.5 Å². The van der Waals surface area contributed by atoms with Crippen LogP contribution in [0.25, 0.3) is 0 Å². The third-order valence-corrected chi connectivity index (χ3v) is 4.33. The highest BCUT2D eigenvalue weighted by Crippen LogP contribution is 2.22. The number of ether oxygens (including phenoxy) is 2. The van der Waals surface area contributed by atoms with Crippen molar-refractivity contribution >= 4 is 17.5 Å². The molecule has 2 aromatic rings. The molecule has 0 aliphatic carbocycles. The molecule has 0 heterocycles. The quantitative estimate of drug-likeness (QED) is 0.525. The van der Waals surface area contributed by atoms with Gasteiger partial charge in [0.1, 0.15) is 5.75 Å². The molecule has 0 unspecified atom stereocenters. The molecule has 148 valence electrons. The van der Waals surface area contributed by atoms with Crippen LogP contribution >= 0.6 is 0 Å². The number of hydrogen-bond donors (Lipinski definition) is 0. The predicted molar refractivity (Wildman–Crippen MR) is 107 cm³/mol. The van der Waals surface area contributed by atoms with Gasteiger partial charge in [-0.05, 0) is 49.1 Å². The molecule has 5 heteroatoms. The molecule has 0 saturated carbocycles. The minimum atomic E-state index is -0.906. The lowest BCUT2D eigenvalue weighted by Gasteiger charge is -2.19. The highest BCUT2D eigenvalue weighted by molar-refractivity contribution is 6.00. The predicted octanol–water partition coefficient (Wildman–Crippen LogP) is 4.38. The number of Topliss-reactive ketones (excluding diaryl/α,β-unsaturated/α-hetero) is 2. The van der Waals surface area contributed by atoms with Crippen molar-refractivity contribution in [2.45, 2.75) is 46.1 Å². The maximum atomic E-state index is 12.5. The van der Waals surface area contributed by atoms with Crippen molar-refractivity contribution in [3.05, 3.63) is 65.2 Å². The summed E-state index contributed by atoms with van der Waals surface area (Å²) in [5.41, 5.74) is 2.18. The third kappa shape index (κ3) is 5.78. The zero-order valence-electron chi connectivity index (χ0n) is 16.9. The van der Waals surface area contributed by atoms with Gasteiger partial charge in [-0.3, -0.25) is 9.59 Å². The van der Waals surface area contributed by atoms with Gasteiger partial charge in [0.15, 0.2) is 18.5 Å². The largest absolute Gasteiger partial charge is 0.482 e. The molecule has 0 saturated heterocycles. The fourth-order valence-corrected chi connectivity index (χ4v) is 2.58. The van der Waals surface area contributed by atoms with E-state index in [0.29, 0.717) is 16.9 Å². The first kappa shape index (κ1) is 21.4. The van der Waals surface area contributed by atoms with Crippen molar-refractivity contribution < 1.29 is 23.9 Å². The van der Waals surface area contributed by atoms with Crippen molar-refractivity contribution in [1.82, 2.24) is 0 Å². The van der Waals surface area contributed by atoms with Crippen LogP contribution < -0.4 is 4.74 Å². The second kappa shape index (κ2) is 8.83. The van der Waals surface area contributed by atoms with Crippen molar-refractivity contribution in [2.75, 3.05) is 6.61 Å². The Bertz CT molecular complexity index is 842. The molecule has 0 bridgehead atoms. The number of carbonyl (C=O) groups is 3. The SMILES string of the molecule is CC(=O)c1ccc(OCC(=O)O[C@H](C)C(=O)c2ccc(C(C)(C)C)cc2)cc1. The summed E-state index contributed by atoms with van der Waals surface area (Å²) in [4.78, 5) is 35.7. The van der Waals surface area contributed by atoms with Gasteiger partial charge in [-0.25, -0.2) is 4.79 Å². The smallest absolute Gasteiger partial charge is 0.344 e. The highest BCUT2D eigenvalue weighted by atomic mass is 16.6. The Morgan fingerprint density at radius 3 is 1.93 bits per heavy atom. The van der Waals surface area contributed by atoms with E-state index in [2.05, 4.69) is 20.8 Å². The van der Waals surface area contributed by atoms with Gasteiger partial charge in [0.25, 0.3) is 0 Å². The molecular formula is C23H26O5. The fraction of sp³-hybridized carbons (Fsp3) is 0.348. The minimum Gasteiger partial charge on any atom is -0.482 e. The molecular weight excluding hydrogens is 356 g/mol. The van der Waals surface area contributed by atoms with Gasteiger partial charge in [-0.2, -0.15) is 0 Å². The van der Waals surface area contributed by atoms with Crippen LogP contribution in [-0.4, -0.2) is 30.2 Å². The molecule has 0 aliphatic rings. The fourth-order valence-electron chi connectivity index (χ4n) is 2.58. The Morgan fingerprint density at radius 2 is 1.43 bits per heavy atom. The summed E-state index contributed by atoms with van der Waals surface area (Å²) in [7, 11) is 0. The molecule has 0 radical (unpaired) electrons. The van der Waals surface area contributed by atoms with Crippen molar-refractivity contribution in [3.8, 4) is 5.75 Å². The van der Waals surface area contributed by atoms with E-state index in [1.807, 2.05) is 12.1 Å². The number of hydrogen-bond acceptors (Lipinski definition) is 5. The molecule has 0 aromatic heterocycles. The number of benzene rings is 2. The van der Waals surface area contributed by atoms with Gasteiger partial charge < -0.3 is 9.47 Å². The topological polar surface area (TPSA) is 69.7 Å². The van der Waals surface area contributed by atoms with Gasteiger partial charge >= 0.3 is 5.97 Å². The van der Waals surface area contributed by atoms with E-state index in [0.717, 1.165) is 5.56 Å². The average Bonchev–Trinajstić information content (AvgIpc) is 2.65. The van der Waals surface area contributed by atoms with Crippen LogP contribution in [-0.2, 0) is 14.9 Å². The minimum absolute atomic E-state index is 0.000379. The number of ketones is 2. The summed E-state index contributed by atoms with van der Waals surface area (Å²) in [6.45, 7) is 8.99. The maximum Gasteiger partial charge on any atom is 0.344 e. The van der Waals surface area contributed by atoms with E-state index in [1.54, 1.807) is 43.3 Å². The van der Waals surface area contributed by atoms with Gasteiger partial charge in [0.05, 0.1) is 0 Å². The highest BCUT2D eigenvalue weighted by Gasteiger charge is 2.21. The number of esters is 1. The van der Waals surface area contributed by atoms with E-state index in [4.69, 9.17) is 9.47 Å². The van der Waals surface area contributed by atoms with Gasteiger partial charge in [0.2, 0.25) is 5.78 Å². The zero-order chi connectivity index (χ0) is 20.9. The van der Waals surface area contributed by atoms with Crippen LogP contribution in [0, 0.1) is 0 Å². The molecule has 1 atom stereocenters. The molecule has 0 amide bonds. The third-order valence-electron chi connectivity index (χ3n) is 4.33. The van der Waals surface area contributed by atoms with E-state index in [-0.39, 0.29) is 23.6 Å². The first-order valence-electron chi connectivity index (χ1n) is 9.16. The average molecular weight is 382 g/mol. The Labute approximate surface area is 165 Å². The van der Waals surface area contributed by atoms with Crippen molar-refractivity contribution in [3.63, 3.8) is 0 Å². The molecule has 2 aromatic carbocycles. The second-order valence-corrected chi connectivity index (χ2v) is 7.69. The zero-order valence-corrected chi connectivity index (χ0v) is 16.9. The summed E-state index contributed by atoms with van der Waals surface area (Å²) in [5, 5.41) is 0. The lowest BCUT2D eigenvalue weighted by atomic mass is 9.86. The van der Waals surface area contributed by atoms with Crippen LogP contribution in [0.5, 0.6) is 5.75 Å². The van der Waals surface area contributed by atoms with Gasteiger partial charge in [-0.15, -0.1) is 0 Å². The van der Waals surface area contributed by atoms with Crippen molar-refractivity contribution in [2.24, 2.45) is 0 Å². The maximum absolute atomic E-state index is 12.5. The first-order chi connectivity index (χ1) is 13.1. The van der Waals surface area contributed by atoms with Gasteiger partial charge in [0, 0.05) is 11.1 Å². The molecule has 0 N–H and O–H groups in total. The summed E-state index contributed by atoms with van der Waals surface area (Å²) in [6, 6.07) is 13.8. The summed E-state index contributed by atoms with van der Waals surface area (Å²) in [6.07, 6.45) is -0.906. The Balaban J connectivity index is 1.89. The Kier molecular flexibility index (Phi) is 6.73. The summed E-state index contributed by atoms with van der Waals surface area (Å²) < 4.78 is 10.5. The van der Waals surface area contributed by atoms with Crippen molar-refractivity contribution in [1.29, 1.82) is 0 Å². The van der Waals surface area contributed by atoms with Crippen LogP contribution in [0.1, 0.15) is 60.9 Å². The number of rotatable bonds is 7. The van der Waals surface area contributed by atoms with Crippen LogP contribution in [0.3, 0.4) is 0 Å². The van der Waals surface area contributed by atoms with Crippen LogP contribution in [0.4, 0.5) is 0 Å². The second-order valence-electron chi connectivity index (χ2n) is 7.69. The lowest BCUT2D eigenvalue weighted by Crippen LogP contribution is -2.27. The van der Waals surface area contributed by atoms with E-state index in [1.165, 1.54) is 6.92 Å². The van der Waals surface area contributed by atoms with Crippen LogP contribution in [0.2, 0.25) is 0 Å². The summed E-state index contributed by atoms with van der Waals surface area (Å²) >= 11 is 0. The van der Waals surface area contributed by atoms with E-state index < -0.39 is 12.1 Å². The molecule has 2 rings (SSSR count). The van der Waals surface area contributed by atoms with E-state index >= 15 is 0 Å². The Morgan fingerprint density at radius 1 is 0.893 bits per heavy atom. The molecule has 28 heavy (non-hydrogen) atoms. The molecule has 0 spiro atoms. The molecule has 0 fully saturated rings. The molecule has 5 nitrogen and oxygen atoms in total.